The van der Waals surface area contributed by atoms with Crippen LogP contribution in [0.4, 0.5) is 0 Å². The number of allylic oxidation sites excluding steroid dienone is 2. The van der Waals surface area contributed by atoms with E-state index in [4.69, 9.17) is 14.8 Å². The first-order chi connectivity index (χ1) is 23.9. The Hall–Kier alpha value is -0.760. The Balaban J connectivity index is 4.12. The van der Waals surface area contributed by atoms with E-state index in [9.17, 15) is 19.4 Å². The van der Waals surface area contributed by atoms with Crippen molar-refractivity contribution in [2.75, 3.05) is 19.8 Å². The van der Waals surface area contributed by atoms with E-state index in [-0.39, 0.29) is 25.7 Å². The summed E-state index contributed by atoms with van der Waals surface area (Å²) in [6.45, 7) is 4.20. The molecule has 5 N–H and O–H groups in total. The molecule has 9 heteroatoms. The summed E-state index contributed by atoms with van der Waals surface area (Å²) in [6, 6.07) is -0.770. The number of hydrogen-bond acceptors (Lipinski definition) is 6. The van der Waals surface area contributed by atoms with Crippen molar-refractivity contribution in [1.82, 2.24) is 5.32 Å². The fourth-order valence-corrected chi connectivity index (χ4v) is 6.95. The van der Waals surface area contributed by atoms with Crippen LogP contribution in [0.5, 0.6) is 0 Å². The Morgan fingerprint density at radius 1 is 0.653 bits per heavy atom. The van der Waals surface area contributed by atoms with Crippen molar-refractivity contribution >= 4 is 13.7 Å². The van der Waals surface area contributed by atoms with Gasteiger partial charge in [-0.3, -0.25) is 13.8 Å². The summed E-state index contributed by atoms with van der Waals surface area (Å²) in [7, 11) is -4.31. The molecule has 0 aromatic rings. The van der Waals surface area contributed by atoms with E-state index >= 15 is 0 Å². The third-order valence-corrected chi connectivity index (χ3v) is 10.4. The number of carbonyl (C=O) groups excluding carboxylic acids is 1. The summed E-state index contributed by atoms with van der Waals surface area (Å²) < 4.78 is 22.1. The lowest BCUT2D eigenvalue weighted by atomic mass is 10.0. The summed E-state index contributed by atoms with van der Waals surface area (Å²) in [4.78, 5) is 22.7. The van der Waals surface area contributed by atoms with E-state index in [2.05, 4.69) is 31.3 Å². The molecule has 3 atom stereocenters. The van der Waals surface area contributed by atoms with E-state index in [1.165, 1.54) is 141 Å². The van der Waals surface area contributed by atoms with Gasteiger partial charge >= 0.3 is 7.82 Å². The second-order valence-electron chi connectivity index (χ2n) is 14.2. The molecule has 0 heterocycles. The molecule has 0 saturated carbocycles. The number of rotatable bonds is 39. The summed E-state index contributed by atoms with van der Waals surface area (Å²) in [5.74, 6) is -0.164. The zero-order valence-electron chi connectivity index (χ0n) is 32.2. The lowest BCUT2D eigenvalue weighted by molar-refractivity contribution is -0.123. The first-order valence-corrected chi connectivity index (χ1v) is 22.3. The second kappa shape index (κ2) is 37.0. The molecule has 0 bridgehead atoms. The highest BCUT2D eigenvalue weighted by molar-refractivity contribution is 7.47. The van der Waals surface area contributed by atoms with Crippen LogP contribution in [0.25, 0.3) is 0 Å². The molecule has 3 unspecified atom stereocenters. The minimum absolute atomic E-state index is 0.0901. The number of amides is 1. The minimum Gasteiger partial charge on any atom is -0.391 e. The third kappa shape index (κ3) is 35.4. The van der Waals surface area contributed by atoms with Gasteiger partial charge in [-0.2, -0.15) is 0 Å². The first kappa shape index (κ1) is 48.2. The summed E-state index contributed by atoms with van der Waals surface area (Å²) in [5, 5.41) is 13.7. The molecule has 292 valence electrons. The highest BCUT2D eigenvalue weighted by atomic mass is 31.2. The van der Waals surface area contributed by atoms with Gasteiger partial charge in [0.2, 0.25) is 5.91 Å². The number of unbranched alkanes of at least 4 members (excludes halogenated alkanes) is 25. The lowest BCUT2D eigenvalue weighted by Gasteiger charge is -2.25. The molecule has 0 aliphatic rings. The third-order valence-electron chi connectivity index (χ3n) is 9.37. The van der Waals surface area contributed by atoms with E-state index in [1.807, 2.05) is 0 Å². The molecule has 0 rings (SSSR count). The molecule has 8 nitrogen and oxygen atoms in total. The Morgan fingerprint density at radius 2 is 1.06 bits per heavy atom. The maximum absolute atomic E-state index is 12.7. The molecule has 0 aromatic carbocycles. The van der Waals surface area contributed by atoms with Gasteiger partial charge in [-0.15, -0.1) is 0 Å². The van der Waals surface area contributed by atoms with Gasteiger partial charge in [0.15, 0.2) is 0 Å². The molecule has 0 radical (unpaired) electrons. The molecule has 49 heavy (non-hydrogen) atoms. The van der Waals surface area contributed by atoms with Crippen molar-refractivity contribution < 1.29 is 28.4 Å². The van der Waals surface area contributed by atoms with E-state index in [0.717, 1.165) is 38.5 Å². The van der Waals surface area contributed by atoms with Crippen LogP contribution in [0.15, 0.2) is 12.2 Å². The SMILES string of the molecule is CCCCCCCC/C=C\CCCCCCCCCCCC(=O)NC(COP(=O)(O)OCCN)C(O)CCCCCCCCCCCCC. The van der Waals surface area contributed by atoms with Crippen LogP contribution in [-0.4, -0.2) is 47.8 Å². The second-order valence-corrected chi connectivity index (χ2v) is 15.7. The topological polar surface area (TPSA) is 131 Å². The minimum atomic E-state index is -4.31. The van der Waals surface area contributed by atoms with Gasteiger partial charge in [-0.1, -0.05) is 174 Å². The number of nitrogens with one attached hydrogen (secondary N) is 1. The Kier molecular flexibility index (Phi) is 36.4. The van der Waals surface area contributed by atoms with Gasteiger partial charge in [0.1, 0.15) is 0 Å². The molecule has 1 amide bonds. The van der Waals surface area contributed by atoms with Gasteiger partial charge in [0.25, 0.3) is 0 Å². The molecule has 0 spiro atoms. The van der Waals surface area contributed by atoms with Gasteiger partial charge in [-0.05, 0) is 38.5 Å². The predicted molar refractivity (Wildman–Crippen MR) is 208 cm³/mol. The number of phosphoric acid groups is 1. The predicted octanol–water partition coefficient (Wildman–Crippen LogP) is 11.2. The maximum atomic E-state index is 12.7. The molecule has 0 fully saturated rings. The van der Waals surface area contributed by atoms with Crippen molar-refractivity contribution in [2.24, 2.45) is 5.73 Å². The van der Waals surface area contributed by atoms with Crippen molar-refractivity contribution in [2.45, 2.75) is 219 Å². The molecular formula is C40H81N2O6P. The number of aliphatic hydroxyl groups is 1. The standard InChI is InChI=1S/C40H81N2O6P/c1-3-5-7-9-11-13-15-16-17-18-19-20-21-22-24-26-28-30-32-34-40(44)42-38(37-48-49(45,46)47-36-35-41)39(43)33-31-29-27-25-23-14-12-10-8-6-4-2/h16-17,38-39,43H,3-15,18-37,41H2,1-2H3,(H,42,44)(H,45,46)/b17-16-. The number of phosphoric ester groups is 1. The van der Waals surface area contributed by atoms with Crippen molar-refractivity contribution in [3.8, 4) is 0 Å². The largest absolute Gasteiger partial charge is 0.472 e. The summed E-state index contributed by atoms with van der Waals surface area (Å²) in [6.07, 6.45) is 39.3. The fourth-order valence-electron chi connectivity index (χ4n) is 6.19. The van der Waals surface area contributed by atoms with Crippen molar-refractivity contribution in [3.05, 3.63) is 12.2 Å². The average Bonchev–Trinajstić information content (AvgIpc) is 3.09. The number of carbonyl (C=O) groups is 1. The van der Waals surface area contributed by atoms with E-state index in [0.29, 0.717) is 12.8 Å². The van der Waals surface area contributed by atoms with Crippen LogP contribution >= 0.6 is 7.82 Å². The Morgan fingerprint density at radius 3 is 1.51 bits per heavy atom. The average molecular weight is 717 g/mol. The van der Waals surface area contributed by atoms with Crippen molar-refractivity contribution in [1.29, 1.82) is 0 Å². The van der Waals surface area contributed by atoms with Gasteiger partial charge < -0.3 is 21.1 Å². The lowest BCUT2D eigenvalue weighted by Crippen LogP contribution is -2.46. The van der Waals surface area contributed by atoms with Crippen LogP contribution in [0.2, 0.25) is 0 Å². The fraction of sp³-hybridized carbons (Fsp3) is 0.925. The molecule has 0 aliphatic carbocycles. The zero-order chi connectivity index (χ0) is 36.1. The number of nitrogens with two attached hydrogens (primary N) is 1. The van der Waals surface area contributed by atoms with Crippen LogP contribution < -0.4 is 11.1 Å². The number of hydrogen-bond donors (Lipinski definition) is 4. The molecular weight excluding hydrogens is 635 g/mol. The van der Waals surface area contributed by atoms with E-state index < -0.39 is 20.0 Å². The number of aliphatic hydroxyl groups excluding tert-OH is 1. The van der Waals surface area contributed by atoms with Crippen LogP contribution in [0.3, 0.4) is 0 Å². The monoisotopic (exact) mass is 717 g/mol. The normalized spacial score (nSPS) is 14.3. The Labute approximate surface area is 303 Å². The highest BCUT2D eigenvalue weighted by Crippen LogP contribution is 2.43. The van der Waals surface area contributed by atoms with Gasteiger partial charge in [0.05, 0.1) is 25.4 Å². The quantitative estimate of drug-likeness (QED) is 0.0283. The maximum Gasteiger partial charge on any atom is 0.472 e. The smallest absolute Gasteiger partial charge is 0.391 e. The zero-order valence-corrected chi connectivity index (χ0v) is 33.1. The Bertz CT molecular complexity index is 784. The van der Waals surface area contributed by atoms with Gasteiger partial charge in [-0.25, -0.2) is 4.57 Å². The molecule has 0 aromatic heterocycles. The summed E-state index contributed by atoms with van der Waals surface area (Å²) >= 11 is 0. The van der Waals surface area contributed by atoms with Crippen LogP contribution in [0.1, 0.15) is 206 Å². The van der Waals surface area contributed by atoms with Crippen LogP contribution in [-0.2, 0) is 18.4 Å². The summed E-state index contributed by atoms with van der Waals surface area (Å²) in [5.41, 5.74) is 5.37. The van der Waals surface area contributed by atoms with E-state index in [1.54, 1.807) is 0 Å². The molecule has 0 aliphatic heterocycles. The molecule has 0 saturated heterocycles. The highest BCUT2D eigenvalue weighted by Gasteiger charge is 2.27. The van der Waals surface area contributed by atoms with Crippen molar-refractivity contribution in [3.63, 3.8) is 0 Å². The van der Waals surface area contributed by atoms with Crippen LogP contribution in [0, 0.1) is 0 Å². The van der Waals surface area contributed by atoms with Gasteiger partial charge in [0, 0.05) is 13.0 Å². The first-order valence-electron chi connectivity index (χ1n) is 20.8.